The van der Waals surface area contributed by atoms with Crippen LogP contribution in [-0.4, -0.2) is 24.5 Å². The Balaban J connectivity index is 2.13. The molecule has 1 aliphatic rings. The summed E-state index contributed by atoms with van der Waals surface area (Å²) < 4.78 is 0. The van der Waals surface area contributed by atoms with E-state index in [0.717, 1.165) is 30.5 Å². The van der Waals surface area contributed by atoms with Gasteiger partial charge in [-0.25, -0.2) is 0 Å². The number of hydrogen-bond donors (Lipinski definition) is 1. The van der Waals surface area contributed by atoms with Gasteiger partial charge in [0.1, 0.15) is 0 Å². The van der Waals surface area contributed by atoms with Crippen molar-refractivity contribution in [1.82, 2.24) is 4.90 Å². The zero-order valence-corrected chi connectivity index (χ0v) is 14.5. The molecule has 1 saturated heterocycles. The highest BCUT2D eigenvalue weighted by molar-refractivity contribution is 6.34. The first kappa shape index (κ1) is 17.1. The molecule has 2 atom stereocenters. The molecule has 118 valence electrons. The van der Waals surface area contributed by atoms with Crippen molar-refractivity contribution < 1.29 is 0 Å². The second-order valence-electron chi connectivity index (χ2n) is 6.43. The van der Waals surface area contributed by atoms with Crippen LogP contribution in [0.5, 0.6) is 0 Å². The minimum atomic E-state index is 0.215. The number of nitrogens with zero attached hydrogens (tertiary/aromatic N) is 1. The minimum absolute atomic E-state index is 0.215. The summed E-state index contributed by atoms with van der Waals surface area (Å²) >= 11 is 12.3. The molecule has 1 heterocycles. The zero-order chi connectivity index (χ0) is 15.4. The lowest BCUT2D eigenvalue weighted by atomic mass is 9.89. The van der Waals surface area contributed by atoms with Crippen LogP contribution in [0.2, 0.25) is 10.0 Å². The summed E-state index contributed by atoms with van der Waals surface area (Å²) in [6.45, 7) is 7.47. The van der Waals surface area contributed by atoms with Crippen molar-refractivity contribution in [3.05, 3.63) is 33.8 Å². The van der Waals surface area contributed by atoms with E-state index in [1.165, 1.54) is 19.3 Å². The maximum atomic E-state index is 6.14. The van der Waals surface area contributed by atoms with Crippen LogP contribution in [0.4, 0.5) is 0 Å². The number of benzene rings is 1. The second-order valence-corrected chi connectivity index (χ2v) is 7.30. The van der Waals surface area contributed by atoms with Crippen molar-refractivity contribution >= 4 is 23.2 Å². The van der Waals surface area contributed by atoms with Gasteiger partial charge in [0.25, 0.3) is 0 Å². The summed E-state index contributed by atoms with van der Waals surface area (Å²) in [5.41, 5.74) is 7.19. The van der Waals surface area contributed by atoms with Gasteiger partial charge in [-0.3, -0.25) is 4.90 Å². The third kappa shape index (κ3) is 4.59. The molecule has 2 unspecified atom stereocenters. The Hall–Kier alpha value is -0.280. The molecule has 0 saturated carbocycles. The average Bonchev–Trinajstić information content (AvgIpc) is 2.64. The number of rotatable bonds is 4. The SMILES string of the molecule is CC(C)C1CCCN(C(CN)c2cc(Cl)cc(Cl)c2)CC1. The second kappa shape index (κ2) is 7.82. The molecule has 2 nitrogen and oxygen atoms in total. The van der Waals surface area contributed by atoms with E-state index in [9.17, 15) is 0 Å². The molecule has 2 N–H and O–H groups in total. The van der Waals surface area contributed by atoms with Crippen LogP contribution in [0.1, 0.15) is 44.7 Å². The Bertz CT molecular complexity index is 442. The van der Waals surface area contributed by atoms with E-state index < -0.39 is 0 Å². The topological polar surface area (TPSA) is 29.3 Å². The van der Waals surface area contributed by atoms with Crippen LogP contribution in [0.3, 0.4) is 0 Å². The average molecular weight is 329 g/mol. The molecule has 0 radical (unpaired) electrons. The van der Waals surface area contributed by atoms with Crippen molar-refractivity contribution in [3.63, 3.8) is 0 Å². The quantitative estimate of drug-likeness (QED) is 0.863. The van der Waals surface area contributed by atoms with Gasteiger partial charge in [-0.15, -0.1) is 0 Å². The number of nitrogens with two attached hydrogens (primary N) is 1. The Morgan fingerprint density at radius 2 is 1.81 bits per heavy atom. The van der Waals surface area contributed by atoms with Gasteiger partial charge < -0.3 is 5.73 Å². The fourth-order valence-electron chi connectivity index (χ4n) is 3.39. The standard InChI is InChI=1S/C17H26Cl2N2/c1-12(2)13-4-3-6-21(7-5-13)17(11-20)14-8-15(18)10-16(19)9-14/h8-10,12-13,17H,3-7,11,20H2,1-2H3. The predicted octanol–water partition coefficient (Wildman–Crippen LogP) is 4.75. The molecule has 1 aromatic rings. The van der Waals surface area contributed by atoms with Gasteiger partial charge in [0, 0.05) is 22.6 Å². The monoisotopic (exact) mass is 328 g/mol. The summed E-state index contributed by atoms with van der Waals surface area (Å²) in [6, 6.07) is 5.98. The highest BCUT2D eigenvalue weighted by Gasteiger charge is 2.25. The van der Waals surface area contributed by atoms with Crippen molar-refractivity contribution in [3.8, 4) is 0 Å². The predicted molar refractivity (Wildman–Crippen MR) is 92.0 cm³/mol. The van der Waals surface area contributed by atoms with Gasteiger partial charge in [-0.1, -0.05) is 37.0 Å². The van der Waals surface area contributed by atoms with Crippen LogP contribution < -0.4 is 5.73 Å². The van der Waals surface area contributed by atoms with Crippen LogP contribution in [0.15, 0.2) is 18.2 Å². The van der Waals surface area contributed by atoms with E-state index in [1.807, 2.05) is 12.1 Å². The summed E-state index contributed by atoms with van der Waals surface area (Å²) in [5.74, 6) is 1.60. The molecule has 2 rings (SSSR count). The molecule has 1 aliphatic heterocycles. The summed E-state index contributed by atoms with van der Waals surface area (Å²) in [6.07, 6.45) is 3.82. The lowest BCUT2D eigenvalue weighted by Gasteiger charge is -2.30. The Kier molecular flexibility index (Phi) is 6.36. The first-order valence-corrected chi connectivity index (χ1v) is 8.67. The number of halogens is 2. The molecular formula is C17H26Cl2N2. The Morgan fingerprint density at radius 3 is 2.38 bits per heavy atom. The molecule has 0 amide bonds. The van der Waals surface area contributed by atoms with Gasteiger partial charge in [0.15, 0.2) is 0 Å². The van der Waals surface area contributed by atoms with E-state index in [1.54, 1.807) is 6.07 Å². The Morgan fingerprint density at radius 1 is 1.14 bits per heavy atom. The van der Waals surface area contributed by atoms with Crippen LogP contribution in [0.25, 0.3) is 0 Å². The van der Waals surface area contributed by atoms with Gasteiger partial charge in [0.05, 0.1) is 0 Å². The first-order chi connectivity index (χ1) is 10.0. The van der Waals surface area contributed by atoms with Gasteiger partial charge in [-0.05, 0) is 68.0 Å². The highest BCUT2D eigenvalue weighted by atomic mass is 35.5. The largest absolute Gasteiger partial charge is 0.329 e. The highest BCUT2D eigenvalue weighted by Crippen LogP contribution is 2.31. The van der Waals surface area contributed by atoms with Crippen LogP contribution in [-0.2, 0) is 0 Å². The van der Waals surface area contributed by atoms with E-state index in [4.69, 9.17) is 28.9 Å². The van der Waals surface area contributed by atoms with Crippen molar-refractivity contribution in [2.24, 2.45) is 17.6 Å². The fraction of sp³-hybridized carbons (Fsp3) is 0.647. The summed E-state index contributed by atoms with van der Waals surface area (Å²) in [5, 5.41) is 1.37. The van der Waals surface area contributed by atoms with Gasteiger partial charge in [0.2, 0.25) is 0 Å². The molecule has 0 bridgehead atoms. The fourth-order valence-corrected chi connectivity index (χ4v) is 3.93. The number of hydrogen-bond acceptors (Lipinski definition) is 2. The molecule has 0 aliphatic carbocycles. The van der Waals surface area contributed by atoms with E-state index in [2.05, 4.69) is 18.7 Å². The lowest BCUT2D eigenvalue weighted by molar-refractivity contribution is 0.204. The maximum absolute atomic E-state index is 6.14. The summed E-state index contributed by atoms with van der Waals surface area (Å²) in [4.78, 5) is 2.50. The van der Waals surface area contributed by atoms with Crippen molar-refractivity contribution in [2.75, 3.05) is 19.6 Å². The molecular weight excluding hydrogens is 303 g/mol. The first-order valence-electron chi connectivity index (χ1n) is 7.91. The normalized spacial score (nSPS) is 22.3. The lowest BCUT2D eigenvalue weighted by Crippen LogP contribution is -2.34. The molecule has 1 aromatic carbocycles. The molecule has 0 spiro atoms. The smallest absolute Gasteiger partial charge is 0.0471 e. The van der Waals surface area contributed by atoms with Crippen molar-refractivity contribution in [2.45, 2.75) is 39.2 Å². The maximum Gasteiger partial charge on any atom is 0.0471 e. The third-order valence-corrected chi connectivity index (χ3v) is 5.12. The van der Waals surface area contributed by atoms with E-state index in [-0.39, 0.29) is 6.04 Å². The molecule has 4 heteroatoms. The number of likely N-dealkylation sites (tertiary alicyclic amines) is 1. The van der Waals surface area contributed by atoms with E-state index in [0.29, 0.717) is 16.6 Å². The third-order valence-electron chi connectivity index (χ3n) is 4.68. The zero-order valence-electron chi connectivity index (χ0n) is 13.0. The molecule has 0 aromatic heterocycles. The van der Waals surface area contributed by atoms with Gasteiger partial charge >= 0.3 is 0 Å². The molecule has 1 fully saturated rings. The van der Waals surface area contributed by atoms with Crippen LogP contribution in [0, 0.1) is 11.8 Å². The van der Waals surface area contributed by atoms with Crippen LogP contribution >= 0.6 is 23.2 Å². The Labute approximate surface area is 138 Å². The van der Waals surface area contributed by atoms with Crippen molar-refractivity contribution in [1.29, 1.82) is 0 Å². The minimum Gasteiger partial charge on any atom is -0.329 e. The van der Waals surface area contributed by atoms with Gasteiger partial charge in [-0.2, -0.15) is 0 Å². The summed E-state index contributed by atoms with van der Waals surface area (Å²) in [7, 11) is 0. The van der Waals surface area contributed by atoms with E-state index >= 15 is 0 Å². The molecule has 21 heavy (non-hydrogen) atoms.